The van der Waals surface area contributed by atoms with E-state index in [1.165, 1.54) is 6.20 Å². The summed E-state index contributed by atoms with van der Waals surface area (Å²) in [6, 6.07) is 18.0. The van der Waals surface area contributed by atoms with Gasteiger partial charge in [0.2, 0.25) is 11.7 Å². The lowest BCUT2D eigenvalue weighted by Crippen LogP contribution is -2.10. The fraction of sp³-hybridized carbons (Fsp3) is 0. The first-order chi connectivity index (χ1) is 10.8. The van der Waals surface area contributed by atoms with Crippen molar-refractivity contribution in [3.8, 4) is 17.5 Å². The summed E-state index contributed by atoms with van der Waals surface area (Å²) < 4.78 is 5.47. The maximum atomic E-state index is 12.1. The van der Waals surface area contributed by atoms with Crippen molar-refractivity contribution in [3.05, 3.63) is 72.1 Å². The molecule has 1 heterocycles. The second kappa shape index (κ2) is 5.94. The van der Waals surface area contributed by atoms with Crippen molar-refractivity contribution in [2.24, 2.45) is 0 Å². The first-order valence-corrected chi connectivity index (χ1v) is 6.59. The Morgan fingerprint density at radius 1 is 1.14 bits per heavy atom. The molecule has 0 bridgehead atoms. The molecular weight excluding hydrogens is 278 g/mol. The van der Waals surface area contributed by atoms with E-state index in [9.17, 15) is 4.79 Å². The van der Waals surface area contributed by atoms with Crippen molar-refractivity contribution in [2.45, 2.75) is 0 Å². The van der Waals surface area contributed by atoms with Crippen LogP contribution < -0.4 is 5.32 Å². The first kappa shape index (κ1) is 13.6. The molecule has 22 heavy (non-hydrogen) atoms. The van der Waals surface area contributed by atoms with Gasteiger partial charge in [0.25, 0.3) is 5.91 Å². The van der Waals surface area contributed by atoms with Crippen molar-refractivity contribution in [3.63, 3.8) is 0 Å². The number of benzene rings is 2. The Balaban J connectivity index is 1.79. The van der Waals surface area contributed by atoms with Gasteiger partial charge in [-0.3, -0.25) is 4.79 Å². The van der Waals surface area contributed by atoms with Gasteiger partial charge in [0, 0.05) is 11.3 Å². The number of nitrogens with one attached hydrogen (secondary N) is 1. The molecule has 2 aromatic carbocycles. The highest BCUT2D eigenvalue weighted by molar-refractivity contribution is 6.02. The molecule has 0 aliphatic rings. The standard InChI is InChI=1S/C17H11N3O2/c18-10-12-5-4-8-14(9-12)20-16(21)15-11-19-17(22-15)13-6-2-1-3-7-13/h1-9,11H,(H,20,21). The molecule has 3 rings (SSSR count). The highest BCUT2D eigenvalue weighted by Gasteiger charge is 2.13. The van der Waals surface area contributed by atoms with Gasteiger partial charge in [-0.15, -0.1) is 0 Å². The first-order valence-electron chi connectivity index (χ1n) is 6.59. The molecule has 5 nitrogen and oxygen atoms in total. The predicted molar refractivity (Wildman–Crippen MR) is 81.0 cm³/mol. The van der Waals surface area contributed by atoms with Crippen LogP contribution in [0, 0.1) is 11.3 Å². The molecule has 0 fully saturated rings. The number of nitrogens with zero attached hydrogens (tertiary/aromatic N) is 2. The van der Waals surface area contributed by atoms with Gasteiger partial charge < -0.3 is 9.73 Å². The number of carbonyl (C=O) groups excluding carboxylic acids is 1. The van der Waals surface area contributed by atoms with Crippen LogP contribution in [-0.2, 0) is 0 Å². The van der Waals surface area contributed by atoms with Crippen molar-refractivity contribution < 1.29 is 9.21 Å². The Morgan fingerprint density at radius 2 is 1.95 bits per heavy atom. The summed E-state index contributed by atoms with van der Waals surface area (Å²) in [7, 11) is 0. The Labute approximate surface area is 126 Å². The maximum Gasteiger partial charge on any atom is 0.293 e. The molecule has 0 spiro atoms. The van der Waals surface area contributed by atoms with E-state index in [0.29, 0.717) is 17.1 Å². The van der Waals surface area contributed by atoms with Gasteiger partial charge in [-0.2, -0.15) is 5.26 Å². The maximum absolute atomic E-state index is 12.1. The summed E-state index contributed by atoms with van der Waals surface area (Å²) >= 11 is 0. The third kappa shape index (κ3) is 2.86. The van der Waals surface area contributed by atoms with E-state index < -0.39 is 5.91 Å². The van der Waals surface area contributed by atoms with Crippen LogP contribution in [0.15, 0.2) is 65.2 Å². The highest BCUT2D eigenvalue weighted by Crippen LogP contribution is 2.19. The zero-order valence-corrected chi connectivity index (χ0v) is 11.5. The van der Waals surface area contributed by atoms with Crippen LogP contribution in [0.3, 0.4) is 0 Å². The number of rotatable bonds is 3. The zero-order chi connectivity index (χ0) is 15.4. The van der Waals surface area contributed by atoms with Gasteiger partial charge >= 0.3 is 0 Å². The molecule has 1 N–H and O–H groups in total. The minimum atomic E-state index is -0.412. The molecule has 0 aliphatic carbocycles. The molecule has 0 saturated heterocycles. The van der Waals surface area contributed by atoms with E-state index in [1.54, 1.807) is 24.3 Å². The van der Waals surface area contributed by atoms with Gasteiger partial charge in [0.15, 0.2) is 0 Å². The van der Waals surface area contributed by atoms with Crippen LogP contribution in [0.1, 0.15) is 16.1 Å². The van der Waals surface area contributed by atoms with E-state index in [0.717, 1.165) is 5.56 Å². The van der Waals surface area contributed by atoms with Crippen LogP contribution in [-0.4, -0.2) is 10.9 Å². The summed E-state index contributed by atoms with van der Waals surface area (Å²) in [4.78, 5) is 16.2. The van der Waals surface area contributed by atoms with Crippen molar-refractivity contribution >= 4 is 11.6 Å². The van der Waals surface area contributed by atoms with E-state index in [-0.39, 0.29) is 5.76 Å². The Hall–Kier alpha value is -3.39. The smallest absolute Gasteiger partial charge is 0.293 e. The van der Waals surface area contributed by atoms with Gasteiger partial charge in [0.05, 0.1) is 17.8 Å². The Bertz CT molecular complexity index is 848. The van der Waals surface area contributed by atoms with Crippen LogP contribution in [0.5, 0.6) is 0 Å². The normalized spacial score (nSPS) is 9.95. The monoisotopic (exact) mass is 289 g/mol. The average molecular weight is 289 g/mol. The second-order valence-corrected chi connectivity index (χ2v) is 4.54. The molecule has 0 atom stereocenters. The molecule has 0 radical (unpaired) electrons. The lowest BCUT2D eigenvalue weighted by atomic mass is 10.2. The topological polar surface area (TPSA) is 78.9 Å². The summed E-state index contributed by atoms with van der Waals surface area (Å²) in [5, 5.41) is 11.5. The SMILES string of the molecule is N#Cc1cccc(NC(=O)c2cnc(-c3ccccc3)o2)c1. The van der Waals surface area contributed by atoms with Crippen molar-refractivity contribution in [1.82, 2.24) is 4.98 Å². The molecule has 1 aromatic heterocycles. The van der Waals surface area contributed by atoms with Crippen LogP contribution in [0.25, 0.3) is 11.5 Å². The Morgan fingerprint density at radius 3 is 2.73 bits per heavy atom. The highest BCUT2D eigenvalue weighted by atomic mass is 16.4. The lowest BCUT2D eigenvalue weighted by molar-refractivity contribution is 0.0997. The summed E-state index contributed by atoms with van der Waals surface area (Å²) in [6.07, 6.45) is 1.38. The molecule has 0 unspecified atom stereocenters. The molecule has 0 saturated carbocycles. The van der Waals surface area contributed by atoms with E-state index in [2.05, 4.69) is 10.3 Å². The number of anilines is 1. The van der Waals surface area contributed by atoms with Crippen molar-refractivity contribution in [2.75, 3.05) is 5.32 Å². The van der Waals surface area contributed by atoms with E-state index in [4.69, 9.17) is 9.68 Å². The molecule has 0 aliphatic heterocycles. The minimum absolute atomic E-state index is 0.112. The number of nitriles is 1. The van der Waals surface area contributed by atoms with Gasteiger partial charge in [-0.1, -0.05) is 24.3 Å². The lowest BCUT2D eigenvalue weighted by Gasteiger charge is -2.02. The van der Waals surface area contributed by atoms with Crippen LogP contribution in [0.4, 0.5) is 5.69 Å². The molecule has 1 amide bonds. The quantitative estimate of drug-likeness (QED) is 0.800. The largest absolute Gasteiger partial charge is 0.431 e. The molecule has 106 valence electrons. The molecule has 3 aromatic rings. The average Bonchev–Trinajstić information content (AvgIpc) is 3.06. The summed E-state index contributed by atoms with van der Waals surface area (Å²) in [5.41, 5.74) is 1.80. The fourth-order valence-electron chi connectivity index (χ4n) is 1.95. The summed E-state index contributed by atoms with van der Waals surface area (Å²) in [6.45, 7) is 0. The van der Waals surface area contributed by atoms with Gasteiger partial charge in [-0.25, -0.2) is 4.98 Å². The number of aromatic nitrogens is 1. The number of amides is 1. The van der Waals surface area contributed by atoms with Crippen LogP contribution in [0.2, 0.25) is 0 Å². The van der Waals surface area contributed by atoms with Gasteiger partial charge in [0.1, 0.15) is 0 Å². The third-order valence-electron chi connectivity index (χ3n) is 3.00. The third-order valence-corrected chi connectivity index (χ3v) is 3.00. The fourth-order valence-corrected chi connectivity index (χ4v) is 1.95. The molecular formula is C17H11N3O2. The second-order valence-electron chi connectivity index (χ2n) is 4.54. The number of hydrogen-bond donors (Lipinski definition) is 1. The number of oxazole rings is 1. The predicted octanol–water partition coefficient (Wildman–Crippen LogP) is 3.47. The van der Waals surface area contributed by atoms with Gasteiger partial charge in [-0.05, 0) is 30.3 Å². The summed E-state index contributed by atoms with van der Waals surface area (Å²) in [5.74, 6) is 0.0857. The molecule has 5 heteroatoms. The minimum Gasteiger partial charge on any atom is -0.431 e. The number of carbonyl (C=O) groups is 1. The van der Waals surface area contributed by atoms with E-state index in [1.807, 2.05) is 36.4 Å². The number of hydrogen-bond acceptors (Lipinski definition) is 4. The van der Waals surface area contributed by atoms with Crippen molar-refractivity contribution in [1.29, 1.82) is 5.26 Å². The Kier molecular flexibility index (Phi) is 3.67. The van der Waals surface area contributed by atoms with Crippen LogP contribution >= 0.6 is 0 Å². The zero-order valence-electron chi connectivity index (χ0n) is 11.5. The van der Waals surface area contributed by atoms with E-state index >= 15 is 0 Å².